The largest absolute Gasteiger partial charge is 0.399 e. The van der Waals surface area contributed by atoms with Gasteiger partial charge in [0, 0.05) is 54.0 Å². The van der Waals surface area contributed by atoms with Crippen molar-refractivity contribution >= 4 is 23.2 Å². The molecule has 0 saturated heterocycles. The molecular weight excluding hydrogens is 498 g/mol. The molecule has 0 fully saturated rings. The van der Waals surface area contributed by atoms with Crippen molar-refractivity contribution in [2.75, 3.05) is 25.0 Å². The van der Waals surface area contributed by atoms with Gasteiger partial charge in [-0.05, 0) is 82.4 Å². The van der Waals surface area contributed by atoms with E-state index in [0.29, 0.717) is 31.7 Å². The van der Waals surface area contributed by atoms with Crippen LogP contribution in [-0.4, -0.2) is 37.7 Å². The molecule has 1 aromatic carbocycles. The first kappa shape index (κ1) is 34.6. The van der Waals surface area contributed by atoms with Crippen LogP contribution in [-0.2, 0) is 9.53 Å². The minimum atomic E-state index is -0.166. The Morgan fingerprint density at radius 1 is 1.15 bits per heavy atom. The van der Waals surface area contributed by atoms with E-state index < -0.39 is 0 Å². The van der Waals surface area contributed by atoms with Gasteiger partial charge < -0.3 is 31.7 Å². The lowest BCUT2D eigenvalue weighted by atomic mass is 9.86. The summed E-state index contributed by atoms with van der Waals surface area (Å²) in [6.45, 7) is 28.7. The predicted molar refractivity (Wildman–Crippen MR) is 172 cm³/mol. The maximum absolute atomic E-state index is 11.0. The number of benzene rings is 1. The fourth-order valence-corrected chi connectivity index (χ4v) is 4.45. The number of carbonyl (C=O) groups is 1. The lowest BCUT2D eigenvalue weighted by Gasteiger charge is -2.23. The average molecular weight is 552 g/mol. The molecule has 0 aliphatic heterocycles. The summed E-state index contributed by atoms with van der Waals surface area (Å²) in [5.41, 5.74) is 12.6. The Labute approximate surface area is 243 Å². The van der Waals surface area contributed by atoms with E-state index >= 15 is 0 Å². The Balaban J connectivity index is 2.97. The zero-order valence-electron chi connectivity index (χ0n) is 25.5. The van der Waals surface area contributed by atoms with Crippen molar-refractivity contribution in [1.82, 2.24) is 16.0 Å². The molecule has 0 aliphatic carbocycles. The summed E-state index contributed by atoms with van der Waals surface area (Å²) in [6, 6.07) is 6.33. The van der Waals surface area contributed by atoms with Crippen LogP contribution in [0, 0.1) is 5.92 Å². The molecule has 7 nitrogen and oxygen atoms in total. The molecular formula is C33H53N5O2. The lowest BCUT2D eigenvalue weighted by molar-refractivity contribution is -0.109. The Hall–Kier alpha value is -3.45. The van der Waals surface area contributed by atoms with Crippen molar-refractivity contribution in [2.45, 2.75) is 78.4 Å². The second-order valence-corrected chi connectivity index (χ2v) is 11.2. The third-order valence-corrected chi connectivity index (χ3v) is 6.51. The molecule has 1 aromatic rings. The van der Waals surface area contributed by atoms with Crippen LogP contribution in [0.2, 0.25) is 0 Å². The number of allylic oxidation sites excluding steroid dienone is 3. The van der Waals surface area contributed by atoms with Gasteiger partial charge in [0.05, 0.1) is 12.1 Å². The average Bonchev–Trinajstić information content (AvgIpc) is 2.89. The van der Waals surface area contributed by atoms with Gasteiger partial charge in [-0.1, -0.05) is 51.8 Å². The number of ether oxygens (including phenoxy) is 1. The number of amides is 1. The summed E-state index contributed by atoms with van der Waals surface area (Å²) in [6.07, 6.45) is 8.66. The fourth-order valence-electron chi connectivity index (χ4n) is 4.45. The summed E-state index contributed by atoms with van der Waals surface area (Å²) in [7, 11) is 0. The van der Waals surface area contributed by atoms with Crippen LogP contribution < -0.4 is 27.0 Å². The summed E-state index contributed by atoms with van der Waals surface area (Å²) in [4.78, 5) is 11.0. The summed E-state index contributed by atoms with van der Waals surface area (Å²) in [5, 5.41) is 12.9. The number of carbonyl (C=O) groups excluding carboxylic acids is 1. The molecule has 6 N–H and O–H groups in total. The zero-order valence-corrected chi connectivity index (χ0v) is 25.5. The third-order valence-electron chi connectivity index (χ3n) is 6.51. The highest BCUT2D eigenvalue weighted by Crippen LogP contribution is 2.35. The van der Waals surface area contributed by atoms with Crippen molar-refractivity contribution in [3.63, 3.8) is 0 Å². The van der Waals surface area contributed by atoms with Gasteiger partial charge in [-0.2, -0.15) is 0 Å². The summed E-state index contributed by atoms with van der Waals surface area (Å²) in [5.74, 6) is 0.116. The molecule has 0 aliphatic rings. The van der Waals surface area contributed by atoms with Gasteiger partial charge in [0.15, 0.2) is 0 Å². The molecule has 0 radical (unpaired) electrons. The van der Waals surface area contributed by atoms with Gasteiger partial charge in [0.25, 0.3) is 0 Å². The predicted octanol–water partition coefficient (Wildman–Crippen LogP) is 6.30. The van der Waals surface area contributed by atoms with E-state index in [0.717, 1.165) is 65.9 Å². The standard InChI is InChI=1S/C33H53N5O2/c1-10-13-27(26(6)38-23-39)20-25(5)30-14-12-15-31(32(30)24(3)4)37-22-28(34)21-36-29(16-18-35-11-2)17-19-40-33(7,8)9/h11-12,14-15,21,23,27,29,35-37H,2-3,5-6,10,13,16-20,22,34H2,1,4,7-9H3,(H,38,39)/b28-21-. The highest BCUT2D eigenvalue weighted by atomic mass is 16.5. The molecule has 0 spiro atoms. The second-order valence-electron chi connectivity index (χ2n) is 11.2. The minimum absolute atomic E-state index is 0.116. The Kier molecular flexibility index (Phi) is 15.6. The molecule has 2 atom stereocenters. The molecule has 222 valence electrons. The van der Waals surface area contributed by atoms with Crippen LogP contribution in [0.5, 0.6) is 0 Å². The molecule has 40 heavy (non-hydrogen) atoms. The van der Waals surface area contributed by atoms with Crippen molar-refractivity contribution in [2.24, 2.45) is 11.7 Å². The van der Waals surface area contributed by atoms with Crippen molar-refractivity contribution in [1.29, 1.82) is 0 Å². The van der Waals surface area contributed by atoms with Crippen LogP contribution in [0.1, 0.15) is 77.8 Å². The number of hydrogen-bond acceptors (Lipinski definition) is 6. The molecule has 0 aromatic heterocycles. The number of anilines is 1. The Morgan fingerprint density at radius 2 is 1.88 bits per heavy atom. The van der Waals surface area contributed by atoms with Gasteiger partial charge in [0.1, 0.15) is 0 Å². The van der Waals surface area contributed by atoms with E-state index in [2.05, 4.69) is 81.3 Å². The molecule has 0 heterocycles. The number of nitrogens with two attached hydrogens (primary N) is 1. The van der Waals surface area contributed by atoms with Gasteiger partial charge >= 0.3 is 0 Å². The number of rotatable bonds is 21. The molecule has 1 amide bonds. The molecule has 2 unspecified atom stereocenters. The summed E-state index contributed by atoms with van der Waals surface area (Å²) < 4.78 is 5.92. The zero-order chi connectivity index (χ0) is 30.1. The van der Waals surface area contributed by atoms with Gasteiger partial charge in [-0.15, -0.1) is 0 Å². The molecule has 7 heteroatoms. The smallest absolute Gasteiger partial charge is 0.211 e. The Bertz CT molecular complexity index is 1020. The van der Waals surface area contributed by atoms with Crippen molar-refractivity contribution in [3.8, 4) is 0 Å². The fraction of sp³-hybridized carbons (Fsp3) is 0.485. The van der Waals surface area contributed by atoms with Crippen LogP contribution in [0.4, 0.5) is 5.69 Å². The quantitative estimate of drug-likeness (QED) is 0.0908. The van der Waals surface area contributed by atoms with Gasteiger partial charge in [0.2, 0.25) is 6.41 Å². The van der Waals surface area contributed by atoms with Crippen LogP contribution in [0.15, 0.2) is 68.3 Å². The first-order valence-corrected chi connectivity index (χ1v) is 14.2. The summed E-state index contributed by atoms with van der Waals surface area (Å²) >= 11 is 0. The number of hydrogen-bond donors (Lipinski definition) is 5. The van der Waals surface area contributed by atoms with Gasteiger partial charge in [-0.3, -0.25) is 4.79 Å². The maximum atomic E-state index is 11.0. The van der Waals surface area contributed by atoms with E-state index in [1.165, 1.54) is 0 Å². The Morgan fingerprint density at radius 3 is 2.48 bits per heavy atom. The van der Waals surface area contributed by atoms with Gasteiger partial charge in [-0.25, -0.2) is 0 Å². The highest BCUT2D eigenvalue weighted by Gasteiger charge is 2.18. The molecule has 0 saturated carbocycles. The normalized spacial score (nSPS) is 13.1. The SMILES string of the molecule is C=CNCCC(CCOC(C)(C)C)N/C=C(\N)CNc1cccc(C(=C)CC(CCC)C(=C)NC=O)c1C(=C)C. The van der Waals surface area contributed by atoms with Crippen LogP contribution >= 0.6 is 0 Å². The van der Waals surface area contributed by atoms with E-state index in [1.807, 2.05) is 25.3 Å². The maximum Gasteiger partial charge on any atom is 0.211 e. The van der Waals surface area contributed by atoms with Crippen molar-refractivity contribution in [3.05, 3.63) is 79.4 Å². The topological polar surface area (TPSA) is 100 Å². The first-order valence-electron chi connectivity index (χ1n) is 14.2. The van der Waals surface area contributed by atoms with E-state index in [9.17, 15) is 4.79 Å². The highest BCUT2D eigenvalue weighted by molar-refractivity contribution is 5.85. The molecule has 0 bridgehead atoms. The number of nitrogens with one attached hydrogen (secondary N) is 4. The van der Waals surface area contributed by atoms with Crippen molar-refractivity contribution < 1.29 is 9.53 Å². The van der Waals surface area contributed by atoms with E-state index in [1.54, 1.807) is 6.20 Å². The minimum Gasteiger partial charge on any atom is -0.399 e. The second kappa shape index (κ2) is 18.0. The molecule has 1 rings (SSSR count). The third kappa shape index (κ3) is 13.1. The first-order chi connectivity index (χ1) is 18.9. The van der Waals surface area contributed by atoms with E-state index in [4.69, 9.17) is 10.5 Å². The van der Waals surface area contributed by atoms with Crippen LogP contribution in [0.3, 0.4) is 0 Å². The monoisotopic (exact) mass is 551 g/mol. The lowest BCUT2D eigenvalue weighted by Crippen LogP contribution is -2.32. The van der Waals surface area contributed by atoms with E-state index in [-0.39, 0.29) is 17.6 Å². The van der Waals surface area contributed by atoms with Crippen LogP contribution in [0.25, 0.3) is 11.1 Å².